The first-order valence-corrected chi connectivity index (χ1v) is 18.1. The van der Waals surface area contributed by atoms with Crippen LogP contribution in [0.1, 0.15) is 62.0 Å². The summed E-state index contributed by atoms with van der Waals surface area (Å²) in [6, 6.07) is 25.8. The molecule has 0 amide bonds. The predicted molar refractivity (Wildman–Crippen MR) is 190 cm³/mol. The van der Waals surface area contributed by atoms with Gasteiger partial charge in [-0.2, -0.15) is 0 Å². The molecule has 48 heavy (non-hydrogen) atoms. The molecule has 0 unspecified atom stereocenters. The predicted octanol–water partition coefficient (Wildman–Crippen LogP) is 8.02. The normalized spacial score (nSPS) is 26.6. The Hall–Kier alpha value is -3.56. The second kappa shape index (κ2) is 16.2. The van der Waals surface area contributed by atoms with Crippen LogP contribution < -0.4 is 4.74 Å². The number of ether oxygens (including phenoxy) is 2. The summed E-state index contributed by atoms with van der Waals surface area (Å²) in [5.74, 6) is -0.0542. The molecule has 1 heterocycles. The van der Waals surface area contributed by atoms with Crippen molar-refractivity contribution < 1.29 is 29.6 Å². The van der Waals surface area contributed by atoms with Crippen LogP contribution >= 0.6 is 11.8 Å². The summed E-state index contributed by atoms with van der Waals surface area (Å²) >= 11 is 1.73. The molecular weight excluding hydrogens is 623 g/mol. The van der Waals surface area contributed by atoms with Crippen LogP contribution in [0.3, 0.4) is 0 Å². The molecule has 3 aromatic rings. The Morgan fingerprint density at radius 3 is 2.40 bits per heavy atom. The van der Waals surface area contributed by atoms with Crippen molar-refractivity contribution in [3.63, 3.8) is 0 Å². The fourth-order valence-corrected chi connectivity index (χ4v) is 9.17. The highest BCUT2D eigenvalue weighted by Crippen LogP contribution is 2.63. The Bertz CT molecular complexity index is 1560. The van der Waals surface area contributed by atoms with Gasteiger partial charge in [0.1, 0.15) is 18.1 Å². The molecule has 1 fully saturated rings. The number of thioether (sulfide) groups is 1. The minimum Gasteiger partial charge on any atom is -0.508 e. The third-order valence-corrected chi connectivity index (χ3v) is 11.2. The van der Waals surface area contributed by atoms with E-state index < -0.39 is 5.79 Å². The summed E-state index contributed by atoms with van der Waals surface area (Å²) in [6.07, 6.45) is 9.77. The average Bonchev–Trinajstić information content (AvgIpc) is 3.11. The van der Waals surface area contributed by atoms with Gasteiger partial charge in [-0.05, 0) is 79.0 Å². The molecule has 0 radical (unpaired) electrons. The zero-order valence-electron chi connectivity index (χ0n) is 27.5. The summed E-state index contributed by atoms with van der Waals surface area (Å²) in [4.78, 5) is 7.22. The first-order chi connectivity index (χ1) is 23.6. The zero-order valence-corrected chi connectivity index (χ0v) is 28.3. The second-order valence-electron chi connectivity index (χ2n) is 13.0. The summed E-state index contributed by atoms with van der Waals surface area (Å²) < 4.78 is 14.0. The van der Waals surface area contributed by atoms with Crippen molar-refractivity contribution in [2.75, 3.05) is 19.8 Å². The number of oxime groups is 1. The number of aromatic hydroxyl groups is 1. The van der Waals surface area contributed by atoms with Gasteiger partial charge in [-0.25, -0.2) is 0 Å². The molecule has 0 spiro atoms. The maximum atomic E-state index is 10.8. The minimum atomic E-state index is -1.06. The van der Waals surface area contributed by atoms with E-state index >= 15 is 0 Å². The molecule has 3 aliphatic rings. The van der Waals surface area contributed by atoms with Gasteiger partial charge in [0.05, 0.1) is 23.5 Å². The lowest BCUT2D eigenvalue weighted by Crippen LogP contribution is -2.64. The summed E-state index contributed by atoms with van der Waals surface area (Å²) in [5, 5.41) is 34.9. The monoisotopic (exact) mass is 669 g/mol. The number of hydrogen-bond acceptors (Lipinski definition) is 8. The van der Waals surface area contributed by atoms with Crippen LogP contribution in [0.4, 0.5) is 0 Å². The van der Waals surface area contributed by atoms with Gasteiger partial charge in [-0.15, -0.1) is 18.3 Å². The van der Waals surface area contributed by atoms with E-state index in [-0.39, 0.29) is 47.9 Å². The van der Waals surface area contributed by atoms with Crippen LogP contribution in [0.5, 0.6) is 11.5 Å². The van der Waals surface area contributed by atoms with Crippen molar-refractivity contribution in [1.82, 2.24) is 0 Å². The van der Waals surface area contributed by atoms with E-state index in [4.69, 9.17) is 19.5 Å². The highest BCUT2D eigenvalue weighted by atomic mass is 32.2. The van der Waals surface area contributed by atoms with Gasteiger partial charge in [0.25, 0.3) is 0 Å². The molecule has 7 nitrogen and oxygen atoms in total. The first-order valence-electron chi connectivity index (χ1n) is 17.2. The Kier molecular flexibility index (Phi) is 11.6. The number of allylic oxidation sites excluding steroid dienone is 1. The highest BCUT2D eigenvalue weighted by Gasteiger charge is 2.64. The fraction of sp³-hybridized carbons (Fsp3) is 0.425. The molecule has 8 heteroatoms. The quantitative estimate of drug-likeness (QED) is 0.0807. The molecule has 254 valence electrons. The molecule has 1 aliphatic heterocycles. The van der Waals surface area contributed by atoms with E-state index in [1.165, 1.54) is 0 Å². The number of fused-ring (bicyclic) bond motifs is 2. The van der Waals surface area contributed by atoms with Crippen molar-refractivity contribution in [2.45, 2.75) is 73.4 Å². The lowest BCUT2D eigenvalue weighted by molar-refractivity contribution is -0.223. The number of hydrogen-bond donors (Lipinski definition) is 3. The number of aliphatic hydroxyl groups is 2. The topological polar surface area (TPSA) is 101 Å². The molecule has 3 N–H and O–H groups in total. The molecular formula is C40H47NO6S. The molecule has 6 rings (SSSR count). The van der Waals surface area contributed by atoms with Gasteiger partial charge in [0, 0.05) is 36.0 Å². The number of rotatable bonds is 16. The standard InChI is InChI=1S/C40H47NO6S/c1-2-23-45-40-37(48-31-16-7-4-8-17-31)26-35(41-46-27-28-13-5-3-6-14-28)33-24-29(15-9-11-21-42)32(18-10-12-22-43)38(39(33)40)34-25-30(44)19-20-36(34)47-40/h2-8,13-14,16-17,19-20,24-25,29,32,37-39,42-44H,1,9-12,15,18,21-23,26-27H2/t29-,32+,37-,38+,39+,40+/m0/s1. The Morgan fingerprint density at radius 1 is 0.938 bits per heavy atom. The van der Waals surface area contributed by atoms with Crippen molar-refractivity contribution in [2.24, 2.45) is 22.9 Å². The molecule has 3 aromatic carbocycles. The van der Waals surface area contributed by atoms with Gasteiger partial charge in [-0.1, -0.05) is 78.7 Å². The molecule has 0 bridgehead atoms. The lowest BCUT2D eigenvalue weighted by Gasteiger charge is -2.58. The Labute approximate surface area is 288 Å². The Balaban J connectivity index is 1.52. The van der Waals surface area contributed by atoms with Crippen molar-refractivity contribution in [1.29, 1.82) is 0 Å². The second-order valence-corrected chi connectivity index (χ2v) is 14.2. The maximum Gasteiger partial charge on any atom is 0.231 e. The van der Waals surface area contributed by atoms with Gasteiger partial charge in [0.2, 0.25) is 5.79 Å². The van der Waals surface area contributed by atoms with Gasteiger partial charge in [0.15, 0.2) is 0 Å². The van der Waals surface area contributed by atoms with E-state index in [0.29, 0.717) is 19.6 Å². The van der Waals surface area contributed by atoms with E-state index in [1.807, 2.05) is 60.7 Å². The average molecular weight is 670 g/mol. The van der Waals surface area contributed by atoms with Gasteiger partial charge >= 0.3 is 0 Å². The number of nitrogens with zero attached hydrogens (tertiary/aromatic N) is 1. The third kappa shape index (κ3) is 7.37. The van der Waals surface area contributed by atoms with E-state index in [9.17, 15) is 15.3 Å². The molecule has 0 aromatic heterocycles. The first kappa shape index (κ1) is 34.3. The molecule has 0 saturated heterocycles. The van der Waals surface area contributed by atoms with Crippen LogP contribution in [0.2, 0.25) is 0 Å². The van der Waals surface area contributed by atoms with Crippen LogP contribution in [0.25, 0.3) is 0 Å². The number of phenolic OH excluding ortho intramolecular Hbond substituents is 1. The number of aliphatic hydroxyl groups excluding tert-OH is 2. The van der Waals surface area contributed by atoms with Crippen molar-refractivity contribution in [3.05, 3.63) is 114 Å². The van der Waals surface area contributed by atoms with Crippen molar-refractivity contribution >= 4 is 17.5 Å². The van der Waals surface area contributed by atoms with Crippen LogP contribution in [-0.4, -0.2) is 51.9 Å². The Morgan fingerprint density at radius 2 is 1.67 bits per heavy atom. The van der Waals surface area contributed by atoms with Crippen LogP contribution in [0.15, 0.2) is 113 Å². The number of unbranched alkanes of at least 4 members (excludes halogenated alkanes) is 2. The summed E-state index contributed by atoms with van der Waals surface area (Å²) in [7, 11) is 0. The summed E-state index contributed by atoms with van der Waals surface area (Å²) in [6.45, 7) is 4.97. The van der Waals surface area contributed by atoms with E-state index in [0.717, 1.165) is 71.6 Å². The highest BCUT2D eigenvalue weighted by molar-refractivity contribution is 8.00. The van der Waals surface area contributed by atoms with Crippen LogP contribution in [-0.2, 0) is 16.2 Å². The van der Waals surface area contributed by atoms with Gasteiger partial charge < -0.3 is 29.6 Å². The lowest BCUT2D eigenvalue weighted by atomic mass is 9.56. The van der Waals surface area contributed by atoms with Crippen molar-refractivity contribution in [3.8, 4) is 11.5 Å². The smallest absolute Gasteiger partial charge is 0.231 e. The minimum absolute atomic E-state index is 0.0537. The number of phenols is 1. The SMILES string of the molecule is C=CCO[C@@]12Oc3ccc(O)cc3[C@H]3[C@H](CCCCO)[C@@H](CCCCO)C=C(C(=NOCc4ccccc4)C[C@@H]1Sc1ccccc1)[C@H]32. The molecule has 2 aliphatic carbocycles. The van der Waals surface area contributed by atoms with E-state index in [1.54, 1.807) is 23.9 Å². The van der Waals surface area contributed by atoms with E-state index in [2.05, 4.69) is 24.8 Å². The number of benzene rings is 3. The van der Waals surface area contributed by atoms with Crippen LogP contribution in [0, 0.1) is 17.8 Å². The maximum absolute atomic E-state index is 10.8. The summed E-state index contributed by atoms with van der Waals surface area (Å²) in [5.41, 5.74) is 3.98. The fourth-order valence-electron chi connectivity index (χ4n) is 7.86. The van der Waals surface area contributed by atoms with Gasteiger partial charge in [-0.3, -0.25) is 0 Å². The third-order valence-electron chi connectivity index (χ3n) is 9.90. The molecule has 6 atom stereocenters. The largest absolute Gasteiger partial charge is 0.508 e. The zero-order chi connectivity index (χ0) is 33.3. The molecule has 1 saturated carbocycles.